The van der Waals surface area contributed by atoms with Gasteiger partial charge in [0.05, 0.1) is 18.0 Å². The van der Waals surface area contributed by atoms with E-state index >= 15 is 0 Å². The topological polar surface area (TPSA) is 48.4 Å². The molecule has 0 aliphatic heterocycles. The highest BCUT2D eigenvalue weighted by molar-refractivity contribution is 5.48. The fourth-order valence-electron chi connectivity index (χ4n) is 2.19. The van der Waals surface area contributed by atoms with Gasteiger partial charge in [0.2, 0.25) is 0 Å². The molecule has 0 unspecified atom stereocenters. The molecule has 2 N–H and O–H groups in total. The molecule has 0 bridgehead atoms. The number of nitrogens with zero attached hydrogens (tertiary/aromatic N) is 2. The Labute approximate surface area is 103 Å². The molecule has 0 saturated heterocycles. The summed E-state index contributed by atoms with van der Waals surface area (Å²) in [5, 5.41) is 12.9. The third-order valence-corrected chi connectivity index (χ3v) is 3.27. The number of hydrogen-bond acceptors (Lipinski definition) is 4. The number of anilines is 2. The molecule has 0 atom stereocenters. The van der Waals surface area contributed by atoms with Gasteiger partial charge in [0.1, 0.15) is 5.82 Å². The molecule has 1 heterocycles. The monoisotopic (exact) mass is 235 g/mol. The minimum absolute atomic E-state index is 0.0951. The molecule has 1 fully saturated rings. The van der Waals surface area contributed by atoms with Gasteiger partial charge in [-0.2, -0.15) is 0 Å². The van der Waals surface area contributed by atoms with E-state index in [1.807, 2.05) is 31.3 Å². The van der Waals surface area contributed by atoms with Crippen molar-refractivity contribution in [3.63, 3.8) is 0 Å². The molecule has 2 rings (SSSR count). The second-order valence-electron chi connectivity index (χ2n) is 4.95. The van der Waals surface area contributed by atoms with Gasteiger partial charge in [-0.1, -0.05) is 0 Å². The van der Waals surface area contributed by atoms with Gasteiger partial charge in [-0.05, 0) is 37.8 Å². The standard InChI is InChI=1S/C13H21N3O/c1-16(2)13-8-5-11(9-14-13)15-10-3-6-12(17)7-4-10/h5,8-10,12,15,17H,3-4,6-7H2,1-2H3. The van der Waals surface area contributed by atoms with E-state index in [0.29, 0.717) is 6.04 Å². The second kappa shape index (κ2) is 5.36. The van der Waals surface area contributed by atoms with E-state index < -0.39 is 0 Å². The summed E-state index contributed by atoms with van der Waals surface area (Å²) in [6.45, 7) is 0. The number of rotatable bonds is 3. The number of hydrogen-bond donors (Lipinski definition) is 2. The van der Waals surface area contributed by atoms with Crippen LogP contribution in [0.2, 0.25) is 0 Å². The van der Waals surface area contributed by atoms with Crippen molar-refractivity contribution in [1.29, 1.82) is 0 Å². The van der Waals surface area contributed by atoms with Crippen LogP contribution in [-0.2, 0) is 0 Å². The summed E-state index contributed by atoms with van der Waals surface area (Å²) in [6, 6.07) is 4.55. The molecule has 1 saturated carbocycles. The molecule has 0 aromatic carbocycles. The number of nitrogens with one attached hydrogen (secondary N) is 1. The van der Waals surface area contributed by atoms with Crippen molar-refractivity contribution in [2.24, 2.45) is 0 Å². The van der Waals surface area contributed by atoms with Gasteiger partial charge in [-0.15, -0.1) is 0 Å². The first-order chi connectivity index (χ1) is 8.15. The maximum atomic E-state index is 9.44. The fourth-order valence-corrected chi connectivity index (χ4v) is 2.19. The van der Waals surface area contributed by atoms with Gasteiger partial charge in [-0.25, -0.2) is 4.98 Å². The van der Waals surface area contributed by atoms with Crippen LogP contribution in [0.5, 0.6) is 0 Å². The molecule has 1 aliphatic carbocycles. The van der Waals surface area contributed by atoms with Crippen LogP contribution < -0.4 is 10.2 Å². The predicted octanol–water partition coefficient (Wildman–Crippen LogP) is 1.86. The average Bonchev–Trinajstić information content (AvgIpc) is 2.33. The Morgan fingerprint density at radius 1 is 1.24 bits per heavy atom. The Morgan fingerprint density at radius 2 is 1.94 bits per heavy atom. The molecule has 0 radical (unpaired) electrons. The fraction of sp³-hybridized carbons (Fsp3) is 0.615. The third-order valence-electron chi connectivity index (χ3n) is 3.27. The van der Waals surface area contributed by atoms with Crippen LogP contribution in [0.15, 0.2) is 18.3 Å². The summed E-state index contributed by atoms with van der Waals surface area (Å²) in [6.07, 6.45) is 5.66. The molecule has 4 nitrogen and oxygen atoms in total. The van der Waals surface area contributed by atoms with Crippen molar-refractivity contribution < 1.29 is 5.11 Å². The third kappa shape index (κ3) is 3.33. The van der Waals surface area contributed by atoms with Crippen LogP contribution in [0.4, 0.5) is 11.5 Å². The number of aromatic nitrogens is 1. The molecule has 0 spiro atoms. The summed E-state index contributed by atoms with van der Waals surface area (Å²) < 4.78 is 0. The summed E-state index contributed by atoms with van der Waals surface area (Å²) in [7, 11) is 3.97. The summed E-state index contributed by atoms with van der Waals surface area (Å²) in [5.74, 6) is 0.967. The molecule has 17 heavy (non-hydrogen) atoms. The van der Waals surface area contributed by atoms with Crippen molar-refractivity contribution >= 4 is 11.5 Å². The normalized spacial score (nSPS) is 24.4. The lowest BCUT2D eigenvalue weighted by Crippen LogP contribution is -2.28. The first kappa shape index (κ1) is 12.2. The Hall–Kier alpha value is -1.29. The van der Waals surface area contributed by atoms with E-state index in [4.69, 9.17) is 0 Å². The van der Waals surface area contributed by atoms with E-state index in [1.54, 1.807) is 0 Å². The van der Waals surface area contributed by atoms with E-state index in [9.17, 15) is 5.11 Å². The first-order valence-corrected chi connectivity index (χ1v) is 6.23. The molecule has 94 valence electrons. The smallest absolute Gasteiger partial charge is 0.128 e. The number of pyridine rings is 1. The van der Waals surface area contributed by atoms with Gasteiger partial charge < -0.3 is 15.3 Å². The number of aliphatic hydroxyl groups is 1. The van der Waals surface area contributed by atoms with Crippen LogP contribution in [0, 0.1) is 0 Å². The molecule has 4 heteroatoms. The van der Waals surface area contributed by atoms with Crippen molar-refractivity contribution in [3.05, 3.63) is 18.3 Å². The Kier molecular flexibility index (Phi) is 3.84. The molecule has 1 aromatic heterocycles. The minimum Gasteiger partial charge on any atom is -0.393 e. The van der Waals surface area contributed by atoms with Gasteiger partial charge in [0.15, 0.2) is 0 Å². The Morgan fingerprint density at radius 3 is 2.47 bits per heavy atom. The minimum atomic E-state index is -0.0951. The maximum absolute atomic E-state index is 9.44. The molecule has 1 aromatic rings. The van der Waals surface area contributed by atoms with E-state index in [0.717, 1.165) is 37.2 Å². The molecule has 1 aliphatic rings. The Bertz CT molecular complexity index is 342. The van der Waals surface area contributed by atoms with Gasteiger partial charge in [0, 0.05) is 20.1 Å². The van der Waals surface area contributed by atoms with E-state index in [2.05, 4.69) is 16.4 Å². The highest BCUT2D eigenvalue weighted by atomic mass is 16.3. The summed E-state index contributed by atoms with van der Waals surface area (Å²) >= 11 is 0. The Balaban J connectivity index is 1.90. The first-order valence-electron chi connectivity index (χ1n) is 6.23. The highest BCUT2D eigenvalue weighted by Crippen LogP contribution is 2.22. The van der Waals surface area contributed by atoms with E-state index in [-0.39, 0.29) is 6.10 Å². The van der Waals surface area contributed by atoms with Crippen LogP contribution >= 0.6 is 0 Å². The van der Waals surface area contributed by atoms with Crippen molar-refractivity contribution in [1.82, 2.24) is 4.98 Å². The van der Waals surface area contributed by atoms with Crippen molar-refractivity contribution in [2.45, 2.75) is 37.8 Å². The maximum Gasteiger partial charge on any atom is 0.128 e. The van der Waals surface area contributed by atoms with Gasteiger partial charge in [-0.3, -0.25) is 0 Å². The molecular formula is C13H21N3O. The zero-order valence-corrected chi connectivity index (χ0v) is 10.6. The summed E-state index contributed by atoms with van der Waals surface area (Å²) in [4.78, 5) is 6.36. The number of aliphatic hydroxyl groups excluding tert-OH is 1. The van der Waals surface area contributed by atoms with Crippen LogP contribution in [0.25, 0.3) is 0 Å². The van der Waals surface area contributed by atoms with Crippen LogP contribution in [0.3, 0.4) is 0 Å². The van der Waals surface area contributed by atoms with Crippen molar-refractivity contribution in [3.8, 4) is 0 Å². The van der Waals surface area contributed by atoms with Gasteiger partial charge in [0.25, 0.3) is 0 Å². The lowest BCUT2D eigenvalue weighted by Gasteiger charge is -2.27. The van der Waals surface area contributed by atoms with Crippen molar-refractivity contribution in [2.75, 3.05) is 24.3 Å². The molecule has 0 amide bonds. The summed E-state index contributed by atoms with van der Waals surface area (Å²) in [5.41, 5.74) is 1.07. The largest absolute Gasteiger partial charge is 0.393 e. The molecular weight excluding hydrogens is 214 g/mol. The lowest BCUT2D eigenvalue weighted by molar-refractivity contribution is 0.126. The zero-order chi connectivity index (χ0) is 12.3. The predicted molar refractivity (Wildman–Crippen MR) is 70.4 cm³/mol. The lowest BCUT2D eigenvalue weighted by atomic mass is 9.93. The van der Waals surface area contributed by atoms with Gasteiger partial charge >= 0.3 is 0 Å². The average molecular weight is 235 g/mol. The van der Waals surface area contributed by atoms with E-state index in [1.165, 1.54) is 0 Å². The quantitative estimate of drug-likeness (QED) is 0.839. The SMILES string of the molecule is CN(C)c1ccc(NC2CCC(O)CC2)cn1. The highest BCUT2D eigenvalue weighted by Gasteiger charge is 2.18. The van der Waals surface area contributed by atoms with Crippen LogP contribution in [-0.4, -0.2) is 36.3 Å². The second-order valence-corrected chi connectivity index (χ2v) is 4.95. The zero-order valence-electron chi connectivity index (χ0n) is 10.6. The van der Waals surface area contributed by atoms with Crippen LogP contribution in [0.1, 0.15) is 25.7 Å².